The Kier molecular flexibility index (Phi) is 4.41. The molecule has 0 bridgehead atoms. The zero-order valence-corrected chi connectivity index (χ0v) is 11.9. The van der Waals surface area contributed by atoms with Crippen LogP contribution >= 0.6 is 0 Å². The number of hydrogen-bond acceptors (Lipinski definition) is 2. The van der Waals surface area contributed by atoms with Crippen LogP contribution in [0.25, 0.3) is 0 Å². The molecule has 2 heteroatoms. The molecule has 1 fully saturated rings. The summed E-state index contributed by atoms with van der Waals surface area (Å²) in [7, 11) is 0. The van der Waals surface area contributed by atoms with Crippen LogP contribution in [0.15, 0.2) is 24.3 Å². The van der Waals surface area contributed by atoms with Gasteiger partial charge in [-0.1, -0.05) is 31.2 Å². The highest BCUT2D eigenvalue weighted by Gasteiger charge is 2.29. The van der Waals surface area contributed by atoms with Crippen molar-refractivity contribution in [1.82, 2.24) is 4.90 Å². The van der Waals surface area contributed by atoms with Crippen molar-refractivity contribution < 1.29 is 0 Å². The lowest BCUT2D eigenvalue weighted by Crippen LogP contribution is -2.38. The van der Waals surface area contributed by atoms with E-state index in [9.17, 15) is 0 Å². The Morgan fingerprint density at radius 3 is 2.44 bits per heavy atom. The van der Waals surface area contributed by atoms with E-state index in [1.807, 2.05) is 0 Å². The molecule has 1 aromatic carbocycles. The SMILES string of the molecule is CCN(C(C)C)C(CN)c1ccccc1C1CC1. The molecule has 0 saturated heterocycles. The van der Waals surface area contributed by atoms with Gasteiger partial charge in [-0.25, -0.2) is 0 Å². The molecule has 1 unspecified atom stereocenters. The third-order valence-corrected chi connectivity index (χ3v) is 4.02. The van der Waals surface area contributed by atoms with E-state index in [0.29, 0.717) is 18.6 Å². The average molecular weight is 246 g/mol. The van der Waals surface area contributed by atoms with Gasteiger partial charge in [-0.15, -0.1) is 0 Å². The molecule has 1 atom stereocenters. The zero-order chi connectivity index (χ0) is 13.1. The van der Waals surface area contributed by atoms with Crippen molar-refractivity contribution in [2.75, 3.05) is 13.1 Å². The Hall–Kier alpha value is -0.860. The van der Waals surface area contributed by atoms with E-state index in [1.165, 1.54) is 24.0 Å². The Morgan fingerprint density at radius 2 is 1.94 bits per heavy atom. The molecule has 100 valence electrons. The summed E-state index contributed by atoms with van der Waals surface area (Å²) < 4.78 is 0. The van der Waals surface area contributed by atoms with Crippen LogP contribution in [-0.4, -0.2) is 24.0 Å². The zero-order valence-electron chi connectivity index (χ0n) is 11.9. The van der Waals surface area contributed by atoms with Gasteiger partial charge in [0.05, 0.1) is 0 Å². The first-order valence-electron chi connectivity index (χ1n) is 7.23. The minimum Gasteiger partial charge on any atom is -0.329 e. The Labute approximate surface area is 111 Å². The van der Waals surface area contributed by atoms with E-state index in [4.69, 9.17) is 5.73 Å². The molecule has 0 aliphatic heterocycles. The third kappa shape index (κ3) is 2.76. The van der Waals surface area contributed by atoms with Crippen molar-refractivity contribution in [3.05, 3.63) is 35.4 Å². The first-order chi connectivity index (χ1) is 8.69. The second-order valence-corrected chi connectivity index (χ2v) is 5.58. The van der Waals surface area contributed by atoms with Gasteiger partial charge < -0.3 is 5.73 Å². The Bertz CT molecular complexity index is 382. The van der Waals surface area contributed by atoms with Crippen molar-refractivity contribution in [3.8, 4) is 0 Å². The van der Waals surface area contributed by atoms with Crippen molar-refractivity contribution >= 4 is 0 Å². The van der Waals surface area contributed by atoms with E-state index >= 15 is 0 Å². The second-order valence-electron chi connectivity index (χ2n) is 5.58. The lowest BCUT2D eigenvalue weighted by Gasteiger charge is -2.34. The quantitative estimate of drug-likeness (QED) is 0.834. The van der Waals surface area contributed by atoms with E-state index in [2.05, 4.69) is 49.9 Å². The van der Waals surface area contributed by atoms with Gasteiger partial charge in [0.1, 0.15) is 0 Å². The Morgan fingerprint density at radius 1 is 1.28 bits per heavy atom. The second kappa shape index (κ2) is 5.85. The van der Waals surface area contributed by atoms with Crippen LogP contribution in [0, 0.1) is 0 Å². The highest BCUT2D eigenvalue weighted by Crippen LogP contribution is 2.43. The first kappa shape index (κ1) is 13.6. The summed E-state index contributed by atoms with van der Waals surface area (Å²) in [4.78, 5) is 2.50. The smallest absolute Gasteiger partial charge is 0.0475 e. The molecule has 0 spiro atoms. The fraction of sp³-hybridized carbons (Fsp3) is 0.625. The maximum Gasteiger partial charge on any atom is 0.0475 e. The minimum absolute atomic E-state index is 0.367. The normalized spacial score (nSPS) is 17.4. The van der Waals surface area contributed by atoms with Crippen molar-refractivity contribution in [2.45, 2.75) is 51.6 Å². The molecule has 2 N–H and O–H groups in total. The Balaban J connectivity index is 2.31. The van der Waals surface area contributed by atoms with E-state index in [1.54, 1.807) is 0 Å². The largest absolute Gasteiger partial charge is 0.329 e. The van der Waals surface area contributed by atoms with Gasteiger partial charge in [0.2, 0.25) is 0 Å². The summed E-state index contributed by atoms with van der Waals surface area (Å²) in [6, 6.07) is 9.79. The molecule has 1 aromatic rings. The molecule has 0 aromatic heterocycles. The van der Waals surface area contributed by atoms with Crippen LogP contribution in [0.4, 0.5) is 0 Å². The number of nitrogens with two attached hydrogens (primary N) is 1. The molecule has 1 aliphatic carbocycles. The number of benzene rings is 1. The summed E-state index contributed by atoms with van der Waals surface area (Å²) in [6.07, 6.45) is 2.70. The van der Waals surface area contributed by atoms with Crippen LogP contribution in [0.3, 0.4) is 0 Å². The van der Waals surface area contributed by atoms with Gasteiger partial charge in [0.25, 0.3) is 0 Å². The van der Waals surface area contributed by atoms with Crippen molar-refractivity contribution in [2.24, 2.45) is 5.73 Å². The first-order valence-corrected chi connectivity index (χ1v) is 7.23. The van der Waals surface area contributed by atoms with Crippen molar-refractivity contribution in [1.29, 1.82) is 0 Å². The lowest BCUT2D eigenvalue weighted by atomic mass is 9.95. The highest BCUT2D eigenvalue weighted by atomic mass is 15.2. The van der Waals surface area contributed by atoms with E-state index in [0.717, 1.165) is 12.5 Å². The molecule has 18 heavy (non-hydrogen) atoms. The summed E-state index contributed by atoms with van der Waals surface area (Å²) in [5.74, 6) is 0.793. The van der Waals surface area contributed by atoms with Crippen LogP contribution in [0.2, 0.25) is 0 Å². The van der Waals surface area contributed by atoms with Gasteiger partial charge in [-0.05, 0) is 50.3 Å². The summed E-state index contributed by atoms with van der Waals surface area (Å²) in [5, 5.41) is 0. The average Bonchev–Trinajstić information content (AvgIpc) is 3.19. The summed E-state index contributed by atoms with van der Waals surface area (Å²) in [6.45, 7) is 8.49. The number of hydrogen-bond donors (Lipinski definition) is 1. The van der Waals surface area contributed by atoms with Crippen LogP contribution in [-0.2, 0) is 0 Å². The van der Waals surface area contributed by atoms with Crippen LogP contribution in [0.5, 0.6) is 0 Å². The maximum atomic E-state index is 6.07. The lowest BCUT2D eigenvalue weighted by molar-refractivity contribution is 0.166. The van der Waals surface area contributed by atoms with Crippen molar-refractivity contribution in [3.63, 3.8) is 0 Å². The molecule has 1 saturated carbocycles. The number of rotatable bonds is 6. The monoisotopic (exact) mass is 246 g/mol. The van der Waals surface area contributed by atoms with E-state index in [-0.39, 0.29) is 0 Å². The number of nitrogens with zero attached hydrogens (tertiary/aromatic N) is 1. The predicted molar refractivity (Wildman–Crippen MR) is 77.7 cm³/mol. The van der Waals surface area contributed by atoms with Gasteiger partial charge >= 0.3 is 0 Å². The molecule has 0 heterocycles. The fourth-order valence-corrected chi connectivity index (χ4v) is 2.97. The van der Waals surface area contributed by atoms with Gasteiger partial charge in [0.15, 0.2) is 0 Å². The topological polar surface area (TPSA) is 29.3 Å². The third-order valence-electron chi connectivity index (χ3n) is 4.02. The molecule has 0 amide bonds. The standard InChI is InChI=1S/C16H26N2/c1-4-18(12(2)3)16(11-17)15-8-6-5-7-14(15)13-9-10-13/h5-8,12-13,16H,4,9-11,17H2,1-3H3. The molecule has 0 radical (unpaired) electrons. The molecular weight excluding hydrogens is 220 g/mol. The van der Waals surface area contributed by atoms with Crippen LogP contribution < -0.4 is 5.73 Å². The van der Waals surface area contributed by atoms with Gasteiger partial charge in [-0.3, -0.25) is 4.90 Å². The maximum absolute atomic E-state index is 6.07. The summed E-state index contributed by atoms with van der Waals surface area (Å²) >= 11 is 0. The van der Waals surface area contributed by atoms with E-state index < -0.39 is 0 Å². The highest BCUT2D eigenvalue weighted by molar-refractivity contribution is 5.36. The molecule has 2 rings (SSSR count). The van der Waals surface area contributed by atoms with Gasteiger partial charge in [-0.2, -0.15) is 0 Å². The molecule has 1 aliphatic rings. The predicted octanol–water partition coefficient (Wildman–Crippen LogP) is 3.29. The fourth-order valence-electron chi connectivity index (χ4n) is 2.97. The van der Waals surface area contributed by atoms with Crippen LogP contribution in [0.1, 0.15) is 56.7 Å². The molecular formula is C16H26N2. The summed E-state index contributed by atoms with van der Waals surface area (Å²) in [5.41, 5.74) is 9.06. The molecule has 2 nitrogen and oxygen atoms in total. The minimum atomic E-state index is 0.367. The van der Waals surface area contributed by atoms with Gasteiger partial charge in [0, 0.05) is 18.6 Å². The number of likely N-dealkylation sites (N-methyl/N-ethyl adjacent to an activating group) is 1.